The fourth-order valence-corrected chi connectivity index (χ4v) is 2.06. The first-order valence-electron chi connectivity index (χ1n) is 6.11. The number of benzene rings is 2. The summed E-state index contributed by atoms with van der Waals surface area (Å²) in [5, 5.41) is 0. The van der Waals surface area contributed by atoms with Crippen LogP contribution in [0.4, 0.5) is 0 Å². The highest BCUT2D eigenvalue weighted by atomic mass is 16.5. The molecule has 3 aromatic rings. The Morgan fingerprint density at radius 1 is 0.947 bits per heavy atom. The van der Waals surface area contributed by atoms with Crippen molar-refractivity contribution in [3.63, 3.8) is 0 Å². The zero-order valence-corrected chi connectivity index (χ0v) is 10.7. The Balaban J connectivity index is 2.02. The van der Waals surface area contributed by atoms with Crippen molar-refractivity contribution in [2.75, 3.05) is 7.11 Å². The average Bonchev–Trinajstić information content (AvgIpc) is 2.98. The molecule has 0 amide bonds. The van der Waals surface area contributed by atoms with Gasteiger partial charge in [0.25, 0.3) is 0 Å². The molecule has 0 saturated carbocycles. The quantitative estimate of drug-likeness (QED) is 0.710. The van der Waals surface area contributed by atoms with Crippen LogP contribution >= 0.6 is 0 Å². The van der Waals surface area contributed by atoms with Gasteiger partial charge in [-0.05, 0) is 12.1 Å². The van der Waals surface area contributed by atoms with Crippen LogP contribution in [0.25, 0.3) is 16.9 Å². The summed E-state index contributed by atoms with van der Waals surface area (Å²) in [6.07, 6.45) is 3.81. The van der Waals surface area contributed by atoms with E-state index in [0.717, 1.165) is 22.7 Å². The highest BCUT2D eigenvalue weighted by molar-refractivity contribution is 5.59. The number of nitrogens with zero attached hydrogens (tertiary/aromatic N) is 2. The Morgan fingerprint density at radius 3 is 2.47 bits per heavy atom. The van der Waals surface area contributed by atoms with Gasteiger partial charge in [-0.1, -0.05) is 42.5 Å². The summed E-state index contributed by atoms with van der Waals surface area (Å²) in [4.78, 5) is 4.45. The Hall–Kier alpha value is -2.55. The average molecular weight is 250 g/mol. The van der Waals surface area contributed by atoms with Crippen LogP contribution in [-0.2, 0) is 0 Å². The van der Waals surface area contributed by atoms with E-state index in [-0.39, 0.29) is 0 Å². The predicted octanol–water partition coefficient (Wildman–Crippen LogP) is 3.55. The molecule has 0 spiro atoms. The van der Waals surface area contributed by atoms with E-state index in [2.05, 4.69) is 17.1 Å². The molecule has 1 heterocycles. The van der Waals surface area contributed by atoms with Gasteiger partial charge >= 0.3 is 0 Å². The minimum atomic E-state index is 0.833. The van der Waals surface area contributed by atoms with Crippen molar-refractivity contribution < 1.29 is 4.74 Å². The van der Waals surface area contributed by atoms with Crippen molar-refractivity contribution >= 4 is 0 Å². The lowest BCUT2D eigenvalue weighted by Gasteiger charge is -2.07. The standard InChI is InChI=1S/C16H14N2O/c1-19-16-10-6-5-9-15(16)18-11-14(17-12-18)13-7-3-2-4-8-13/h2-12H,1H3. The lowest BCUT2D eigenvalue weighted by Crippen LogP contribution is -1.94. The first-order chi connectivity index (χ1) is 9.38. The second-order valence-corrected chi connectivity index (χ2v) is 4.20. The van der Waals surface area contributed by atoms with Gasteiger partial charge in [-0.15, -0.1) is 0 Å². The first-order valence-corrected chi connectivity index (χ1v) is 6.11. The molecule has 94 valence electrons. The molecule has 0 aliphatic heterocycles. The van der Waals surface area contributed by atoms with Crippen LogP contribution in [-0.4, -0.2) is 16.7 Å². The smallest absolute Gasteiger partial charge is 0.142 e. The molecule has 0 atom stereocenters. The summed E-state index contributed by atoms with van der Waals surface area (Å²) in [5.41, 5.74) is 3.04. The van der Waals surface area contributed by atoms with Crippen molar-refractivity contribution in [1.29, 1.82) is 0 Å². The van der Waals surface area contributed by atoms with Gasteiger partial charge in [-0.3, -0.25) is 0 Å². The number of para-hydroxylation sites is 2. The van der Waals surface area contributed by atoms with Gasteiger partial charge in [0.15, 0.2) is 0 Å². The van der Waals surface area contributed by atoms with Crippen LogP contribution in [0.15, 0.2) is 67.1 Å². The molecule has 3 rings (SSSR count). The summed E-state index contributed by atoms with van der Waals surface area (Å²) in [6, 6.07) is 18.0. The Labute approximate surface area is 112 Å². The van der Waals surface area contributed by atoms with Crippen LogP contribution in [0.2, 0.25) is 0 Å². The number of imidazole rings is 1. The molecule has 3 nitrogen and oxygen atoms in total. The topological polar surface area (TPSA) is 27.1 Å². The van der Waals surface area contributed by atoms with Crippen LogP contribution in [0.3, 0.4) is 0 Å². The zero-order valence-electron chi connectivity index (χ0n) is 10.7. The monoisotopic (exact) mass is 250 g/mol. The molecule has 0 bridgehead atoms. The summed E-state index contributed by atoms with van der Waals surface area (Å²) >= 11 is 0. The number of aromatic nitrogens is 2. The fourth-order valence-electron chi connectivity index (χ4n) is 2.06. The normalized spacial score (nSPS) is 10.4. The fraction of sp³-hybridized carbons (Fsp3) is 0.0625. The first kappa shape index (κ1) is 11.5. The van der Waals surface area contributed by atoms with E-state index in [9.17, 15) is 0 Å². The molecule has 19 heavy (non-hydrogen) atoms. The predicted molar refractivity (Wildman–Crippen MR) is 75.6 cm³/mol. The van der Waals surface area contributed by atoms with E-state index in [1.807, 2.05) is 53.2 Å². The number of hydrogen-bond acceptors (Lipinski definition) is 2. The van der Waals surface area contributed by atoms with Gasteiger partial charge in [0.2, 0.25) is 0 Å². The molecule has 0 N–H and O–H groups in total. The van der Waals surface area contributed by atoms with E-state index >= 15 is 0 Å². The lowest BCUT2D eigenvalue weighted by molar-refractivity contribution is 0.413. The highest BCUT2D eigenvalue weighted by Gasteiger charge is 2.06. The maximum Gasteiger partial charge on any atom is 0.142 e. The minimum Gasteiger partial charge on any atom is -0.495 e. The van der Waals surface area contributed by atoms with Gasteiger partial charge in [0.1, 0.15) is 12.1 Å². The highest BCUT2D eigenvalue weighted by Crippen LogP contribution is 2.24. The van der Waals surface area contributed by atoms with E-state index in [1.54, 1.807) is 13.4 Å². The van der Waals surface area contributed by atoms with Gasteiger partial charge < -0.3 is 9.30 Å². The third kappa shape index (κ3) is 2.22. The van der Waals surface area contributed by atoms with Gasteiger partial charge in [0, 0.05) is 11.8 Å². The van der Waals surface area contributed by atoms with E-state index in [1.165, 1.54) is 0 Å². The molecule has 0 fully saturated rings. The summed E-state index contributed by atoms with van der Waals surface area (Å²) in [5.74, 6) is 0.833. The number of ether oxygens (including phenoxy) is 1. The molecule has 0 saturated heterocycles. The van der Waals surface area contributed by atoms with Crippen LogP contribution in [0.1, 0.15) is 0 Å². The SMILES string of the molecule is COc1ccccc1-n1cnc(-c2ccccc2)c1. The minimum absolute atomic E-state index is 0.833. The summed E-state index contributed by atoms with van der Waals surface area (Å²) < 4.78 is 7.34. The maximum absolute atomic E-state index is 5.37. The second kappa shape index (κ2) is 4.98. The summed E-state index contributed by atoms with van der Waals surface area (Å²) in [6.45, 7) is 0. The molecule has 0 aliphatic carbocycles. The largest absolute Gasteiger partial charge is 0.495 e. The van der Waals surface area contributed by atoms with E-state index in [0.29, 0.717) is 0 Å². The third-order valence-electron chi connectivity index (χ3n) is 3.02. The number of methoxy groups -OCH3 is 1. The van der Waals surface area contributed by atoms with E-state index < -0.39 is 0 Å². The third-order valence-corrected chi connectivity index (χ3v) is 3.02. The van der Waals surface area contributed by atoms with Crippen LogP contribution < -0.4 is 4.74 Å². The molecule has 0 radical (unpaired) electrons. The molecule has 0 aliphatic rings. The van der Waals surface area contributed by atoms with Crippen molar-refractivity contribution in [3.05, 3.63) is 67.1 Å². The van der Waals surface area contributed by atoms with Crippen LogP contribution in [0, 0.1) is 0 Å². The van der Waals surface area contributed by atoms with Crippen LogP contribution in [0.5, 0.6) is 5.75 Å². The van der Waals surface area contributed by atoms with Crippen molar-refractivity contribution in [2.45, 2.75) is 0 Å². The van der Waals surface area contributed by atoms with Gasteiger partial charge in [-0.2, -0.15) is 0 Å². The molecule has 1 aromatic heterocycles. The van der Waals surface area contributed by atoms with Crippen molar-refractivity contribution in [3.8, 4) is 22.7 Å². The lowest BCUT2D eigenvalue weighted by atomic mass is 10.2. The second-order valence-electron chi connectivity index (χ2n) is 4.20. The number of hydrogen-bond donors (Lipinski definition) is 0. The zero-order chi connectivity index (χ0) is 13.1. The Morgan fingerprint density at radius 2 is 1.68 bits per heavy atom. The molecular weight excluding hydrogens is 236 g/mol. The Kier molecular flexibility index (Phi) is 3.02. The molecule has 2 aromatic carbocycles. The van der Waals surface area contributed by atoms with Gasteiger partial charge in [0.05, 0.1) is 18.5 Å². The Bertz CT molecular complexity index is 674. The molecule has 0 unspecified atom stereocenters. The van der Waals surface area contributed by atoms with Crippen molar-refractivity contribution in [2.24, 2.45) is 0 Å². The molecular formula is C16H14N2O. The van der Waals surface area contributed by atoms with E-state index in [4.69, 9.17) is 4.74 Å². The number of rotatable bonds is 3. The summed E-state index contributed by atoms with van der Waals surface area (Å²) in [7, 11) is 1.67. The van der Waals surface area contributed by atoms with Gasteiger partial charge in [-0.25, -0.2) is 4.98 Å². The van der Waals surface area contributed by atoms with Crippen molar-refractivity contribution in [1.82, 2.24) is 9.55 Å². The maximum atomic E-state index is 5.37. The molecule has 3 heteroatoms.